The second-order valence-electron chi connectivity index (χ2n) is 7.39. The summed E-state index contributed by atoms with van der Waals surface area (Å²) in [7, 11) is -4.80. The normalized spacial score (nSPS) is 18.5. The van der Waals surface area contributed by atoms with Crippen molar-refractivity contribution in [3.8, 4) is 0 Å². The first-order valence-electron chi connectivity index (χ1n) is 8.35. The maximum absolute atomic E-state index is 14.5. The Morgan fingerprint density at radius 2 is 1.48 bits per heavy atom. The molecule has 0 aromatic heterocycles. The second kappa shape index (κ2) is 6.58. The number of benzene rings is 2. The molecule has 1 heterocycles. The Morgan fingerprint density at radius 3 is 2.00 bits per heavy atom. The van der Waals surface area contributed by atoms with Crippen LogP contribution in [0.2, 0.25) is 0 Å². The fourth-order valence-electron chi connectivity index (χ4n) is 2.56. The molecule has 1 saturated heterocycles. The Bertz CT molecular complexity index is 946. The SMILES string of the molecule is CC1(C)OB(c2ccc(NS(=O)(=O)c3ccc(F)cc3)c(F)c2)OC1(C)C. The number of halogens is 2. The Kier molecular flexibility index (Phi) is 4.82. The molecule has 27 heavy (non-hydrogen) atoms. The molecular weight excluding hydrogens is 375 g/mol. The predicted molar refractivity (Wildman–Crippen MR) is 99.3 cm³/mol. The molecule has 144 valence electrons. The van der Waals surface area contributed by atoms with E-state index < -0.39 is 40.0 Å². The molecule has 0 amide bonds. The molecule has 0 atom stereocenters. The van der Waals surface area contributed by atoms with E-state index in [0.29, 0.717) is 5.46 Å². The zero-order chi connectivity index (χ0) is 20.0. The van der Waals surface area contributed by atoms with Gasteiger partial charge in [0.15, 0.2) is 0 Å². The lowest BCUT2D eigenvalue weighted by Crippen LogP contribution is -2.41. The van der Waals surface area contributed by atoms with E-state index in [4.69, 9.17) is 9.31 Å². The molecule has 3 rings (SSSR count). The Morgan fingerprint density at radius 1 is 0.926 bits per heavy atom. The van der Waals surface area contributed by atoms with E-state index in [9.17, 15) is 17.2 Å². The van der Waals surface area contributed by atoms with Crippen LogP contribution in [0.5, 0.6) is 0 Å². The van der Waals surface area contributed by atoms with Crippen LogP contribution in [0.15, 0.2) is 47.4 Å². The van der Waals surface area contributed by atoms with Crippen LogP contribution in [0, 0.1) is 11.6 Å². The molecule has 0 aliphatic carbocycles. The lowest BCUT2D eigenvalue weighted by Gasteiger charge is -2.32. The van der Waals surface area contributed by atoms with Crippen LogP contribution in [0.4, 0.5) is 14.5 Å². The molecule has 0 unspecified atom stereocenters. The smallest absolute Gasteiger partial charge is 0.399 e. The highest BCUT2D eigenvalue weighted by atomic mass is 32.2. The van der Waals surface area contributed by atoms with E-state index in [2.05, 4.69) is 4.72 Å². The highest BCUT2D eigenvalue weighted by molar-refractivity contribution is 7.92. The lowest BCUT2D eigenvalue weighted by molar-refractivity contribution is 0.00578. The summed E-state index contributed by atoms with van der Waals surface area (Å²) >= 11 is 0. The third-order valence-corrected chi connectivity index (χ3v) is 6.27. The topological polar surface area (TPSA) is 64.6 Å². The minimum absolute atomic E-state index is 0.168. The summed E-state index contributed by atoms with van der Waals surface area (Å²) in [6, 6.07) is 8.26. The molecule has 1 aliphatic rings. The minimum Gasteiger partial charge on any atom is -0.399 e. The summed E-state index contributed by atoms with van der Waals surface area (Å²) in [4.78, 5) is -0.168. The van der Waals surface area contributed by atoms with E-state index in [1.54, 1.807) is 0 Å². The Hall–Kier alpha value is -1.97. The molecule has 0 spiro atoms. The first-order valence-corrected chi connectivity index (χ1v) is 9.83. The second-order valence-corrected chi connectivity index (χ2v) is 9.07. The zero-order valence-corrected chi connectivity index (χ0v) is 16.2. The Labute approximate surface area is 157 Å². The average Bonchev–Trinajstić information content (AvgIpc) is 2.77. The third-order valence-electron chi connectivity index (χ3n) is 4.89. The van der Waals surface area contributed by atoms with Crippen LogP contribution < -0.4 is 10.2 Å². The van der Waals surface area contributed by atoms with Crippen molar-refractivity contribution in [2.24, 2.45) is 0 Å². The highest BCUT2D eigenvalue weighted by Crippen LogP contribution is 2.36. The molecule has 0 bridgehead atoms. The van der Waals surface area contributed by atoms with Gasteiger partial charge in [-0.05, 0) is 69.6 Å². The van der Waals surface area contributed by atoms with Gasteiger partial charge in [0.05, 0.1) is 21.8 Å². The number of anilines is 1. The van der Waals surface area contributed by atoms with Crippen molar-refractivity contribution in [2.45, 2.75) is 43.8 Å². The van der Waals surface area contributed by atoms with Crippen LogP contribution in [0.25, 0.3) is 0 Å². The van der Waals surface area contributed by atoms with E-state index in [0.717, 1.165) is 24.3 Å². The quantitative estimate of drug-likeness (QED) is 0.809. The highest BCUT2D eigenvalue weighted by Gasteiger charge is 2.51. The molecule has 2 aromatic rings. The van der Waals surface area contributed by atoms with Crippen LogP contribution in [-0.2, 0) is 19.3 Å². The molecule has 1 N–H and O–H groups in total. The summed E-state index contributed by atoms with van der Waals surface area (Å²) in [5, 5.41) is 0. The summed E-state index contributed by atoms with van der Waals surface area (Å²) in [6.07, 6.45) is 0. The molecule has 0 saturated carbocycles. The molecule has 2 aromatic carbocycles. The summed E-state index contributed by atoms with van der Waals surface area (Å²) in [5.41, 5.74) is -0.927. The predicted octanol–water partition coefficient (Wildman–Crippen LogP) is 3.06. The van der Waals surface area contributed by atoms with Gasteiger partial charge < -0.3 is 9.31 Å². The first kappa shape index (κ1) is 19.8. The molecule has 1 aliphatic heterocycles. The van der Waals surface area contributed by atoms with Crippen molar-refractivity contribution >= 4 is 28.3 Å². The number of hydrogen-bond donors (Lipinski definition) is 1. The fraction of sp³-hybridized carbons (Fsp3) is 0.333. The Balaban J connectivity index is 1.83. The number of hydrogen-bond acceptors (Lipinski definition) is 4. The van der Waals surface area contributed by atoms with Gasteiger partial charge in [-0.15, -0.1) is 0 Å². The molecule has 5 nitrogen and oxygen atoms in total. The van der Waals surface area contributed by atoms with Gasteiger partial charge in [-0.1, -0.05) is 6.07 Å². The molecule has 0 radical (unpaired) electrons. The van der Waals surface area contributed by atoms with Gasteiger partial charge in [-0.3, -0.25) is 4.72 Å². The van der Waals surface area contributed by atoms with Gasteiger partial charge in [0.1, 0.15) is 11.6 Å². The monoisotopic (exact) mass is 395 g/mol. The van der Waals surface area contributed by atoms with Crippen molar-refractivity contribution in [3.63, 3.8) is 0 Å². The minimum atomic E-state index is -4.04. The number of rotatable bonds is 4. The summed E-state index contributed by atoms with van der Waals surface area (Å²) < 4.78 is 66.0. The number of nitrogens with one attached hydrogen (secondary N) is 1. The van der Waals surface area contributed by atoms with Gasteiger partial charge in [0.25, 0.3) is 10.0 Å². The van der Waals surface area contributed by atoms with Gasteiger partial charge >= 0.3 is 7.12 Å². The fourth-order valence-corrected chi connectivity index (χ4v) is 3.62. The maximum Gasteiger partial charge on any atom is 0.494 e. The number of sulfonamides is 1. The average molecular weight is 395 g/mol. The van der Waals surface area contributed by atoms with Gasteiger partial charge in [0.2, 0.25) is 0 Å². The van der Waals surface area contributed by atoms with Crippen LogP contribution in [-0.4, -0.2) is 26.7 Å². The maximum atomic E-state index is 14.5. The molecule has 1 fully saturated rings. The van der Waals surface area contributed by atoms with Crippen molar-refractivity contribution < 1.29 is 26.5 Å². The van der Waals surface area contributed by atoms with Crippen molar-refractivity contribution in [3.05, 3.63) is 54.1 Å². The first-order chi connectivity index (χ1) is 12.4. The van der Waals surface area contributed by atoms with Crippen LogP contribution in [0.1, 0.15) is 27.7 Å². The van der Waals surface area contributed by atoms with Crippen molar-refractivity contribution in [1.29, 1.82) is 0 Å². The van der Waals surface area contributed by atoms with Crippen LogP contribution in [0.3, 0.4) is 0 Å². The van der Waals surface area contributed by atoms with E-state index in [-0.39, 0.29) is 10.6 Å². The molecule has 9 heteroatoms. The summed E-state index contributed by atoms with van der Waals surface area (Å²) in [5.74, 6) is -1.33. The summed E-state index contributed by atoms with van der Waals surface area (Å²) in [6.45, 7) is 7.53. The molecular formula is C18H20BF2NO4S. The standard InChI is InChI=1S/C18H20BF2NO4S/c1-17(2)18(3,4)26-19(25-17)12-5-10-16(15(21)11-12)22-27(23,24)14-8-6-13(20)7-9-14/h5-11,22H,1-4H3. The van der Waals surface area contributed by atoms with E-state index >= 15 is 0 Å². The largest absolute Gasteiger partial charge is 0.494 e. The zero-order valence-electron chi connectivity index (χ0n) is 15.4. The van der Waals surface area contributed by atoms with E-state index in [1.165, 1.54) is 18.2 Å². The third kappa shape index (κ3) is 3.85. The van der Waals surface area contributed by atoms with Gasteiger partial charge in [0, 0.05) is 0 Å². The van der Waals surface area contributed by atoms with Crippen LogP contribution >= 0.6 is 0 Å². The van der Waals surface area contributed by atoms with Crippen molar-refractivity contribution in [1.82, 2.24) is 0 Å². The van der Waals surface area contributed by atoms with Gasteiger partial charge in [-0.25, -0.2) is 17.2 Å². The van der Waals surface area contributed by atoms with E-state index in [1.807, 2.05) is 27.7 Å². The van der Waals surface area contributed by atoms with Gasteiger partial charge in [-0.2, -0.15) is 0 Å². The van der Waals surface area contributed by atoms with Crippen molar-refractivity contribution in [2.75, 3.05) is 4.72 Å². The lowest BCUT2D eigenvalue weighted by atomic mass is 9.79.